The number of halogens is 1. The standard InChI is InChI=1S/C3H7ClNO4P/c6-4(7,8)9-3-1-5-10-2-3/h3,5,10H,1-2H2. The number of hydrogen-bond donors (Lipinski definition) is 1. The fourth-order valence-corrected chi connectivity index (χ4v) is 2.17. The van der Waals surface area contributed by atoms with Crippen LogP contribution in [0.1, 0.15) is 0 Å². The van der Waals surface area contributed by atoms with Gasteiger partial charge in [0.05, 0.1) is 14.5 Å². The zero-order valence-corrected chi connectivity index (χ0v) is 6.76. The van der Waals surface area contributed by atoms with Crippen LogP contribution in [0.4, 0.5) is 0 Å². The van der Waals surface area contributed by atoms with Crippen LogP contribution in [0.2, 0.25) is 0 Å². The highest BCUT2D eigenvalue weighted by Crippen LogP contribution is 2.17. The average Bonchev–Trinajstić information content (AvgIpc) is 2.12. The Morgan fingerprint density at radius 2 is 2.20 bits per heavy atom. The lowest BCUT2D eigenvalue weighted by atomic mass is 10.4. The van der Waals surface area contributed by atoms with E-state index in [4.69, 9.17) is 0 Å². The van der Waals surface area contributed by atoms with Gasteiger partial charge in [-0.05, 0) is 0 Å². The Morgan fingerprint density at radius 1 is 1.50 bits per heavy atom. The second-order valence-corrected chi connectivity index (χ2v) is 3.90. The van der Waals surface area contributed by atoms with Crippen molar-refractivity contribution in [3.63, 3.8) is 0 Å². The molecule has 2 unspecified atom stereocenters. The van der Waals surface area contributed by atoms with Gasteiger partial charge in [-0.3, -0.25) is 5.09 Å². The fourth-order valence-electron chi connectivity index (χ4n) is 0.661. The zero-order chi connectivity index (χ0) is 7.61. The molecule has 5 nitrogen and oxygen atoms in total. The maximum absolute atomic E-state index is 9.96. The van der Waals surface area contributed by atoms with Crippen molar-refractivity contribution < 1.29 is 28.5 Å². The number of nitrogens with one attached hydrogen (secondary N) is 1. The lowest BCUT2D eigenvalue weighted by Gasteiger charge is -2.14. The smallest absolute Gasteiger partial charge is 0.231 e. The molecule has 0 aromatic heterocycles. The minimum absolute atomic E-state index is 0.451. The maximum Gasteiger partial charge on any atom is 0.231 e. The molecule has 60 valence electrons. The van der Waals surface area contributed by atoms with Crippen molar-refractivity contribution in [3.8, 4) is 0 Å². The average molecular weight is 188 g/mol. The molecular weight excluding hydrogens is 180 g/mol. The third kappa shape index (κ3) is 3.07. The molecule has 0 aromatic carbocycles. The number of rotatable bonds is 2. The van der Waals surface area contributed by atoms with E-state index >= 15 is 0 Å². The van der Waals surface area contributed by atoms with Crippen LogP contribution in [0.25, 0.3) is 0 Å². The molecule has 1 fully saturated rings. The van der Waals surface area contributed by atoms with E-state index in [1.807, 2.05) is 0 Å². The Hall–Kier alpha value is 0.520. The molecule has 1 aliphatic heterocycles. The van der Waals surface area contributed by atoms with Gasteiger partial charge in [0.15, 0.2) is 0 Å². The van der Waals surface area contributed by atoms with E-state index in [1.54, 1.807) is 0 Å². The fraction of sp³-hybridized carbons (Fsp3) is 1.00. The molecule has 0 radical (unpaired) electrons. The summed E-state index contributed by atoms with van der Waals surface area (Å²) in [5, 5.41) is 2.89. The first-order valence-electron chi connectivity index (χ1n) is 2.63. The van der Waals surface area contributed by atoms with Crippen LogP contribution in [-0.2, 0) is 4.29 Å². The van der Waals surface area contributed by atoms with Crippen molar-refractivity contribution in [2.75, 3.05) is 12.7 Å². The maximum atomic E-state index is 9.96. The van der Waals surface area contributed by atoms with E-state index in [-0.39, 0.29) is 0 Å². The molecule has 0 saturated carbocycles. The monoisotopic (exact) mass is 187 g/mol. The van der Waals surface area contributed by atoms with E-state index in [9.17, 15) is 14.0 Å². The first-order valence-corrected chi connectivity index (χ1v) is 5.07. The second-order valence-electron chi connectivity index (χ2n) is 1.85. The molecule has 0 bridgehead atoms. The van der Waals surface area contributed by atoms with Gasteiger partial charge in [-0.2, -0.15) is 14.0 Å². The zero-order valence-electron chi connectivity index (χ0n) is 5.00. The topological polar surface area (TPSA) is 90.4 Å². The van der Waals surface area contributed by atoms with Gasteiger partial charge in [0.1, 0.15) is 0 Å². The molecule has 0 spiro atoms. The summed E-state index contributed by atoms with van der Waals surface area (Å²) in [4.78, 5) is 0. The van der Waals surface area contributed by atoms with E-state index in [0.29, 0.717) is 21.4 Å². The summed E-state index contributed by atoms with van der Waals surface area (Å²) in [6, 6.07) is 0. The molecule has 2 atom stereocenters. The Kier molecular flexibility index (Phi) is 2.82. The van der Waals surface area contributed by atoms with Gasteiger partial charge in [0, 0.05) is 12.7 Å². The summed E-state index contributed by atoms with van der Waals surface area (Å²) in [5.41, 5.74) is 0. The van der Waals surface area contributed by atoms with Gasteiger partial charge in [0.2, 0.25) is 6.10 Å². The van der Waals surface area contributed by atoms with Crippen molar-refractivity contribution in [2.24, 2.45) is 0 Å². The lowest BCUT2D eigenvalue weighted by Crippen LogP contribution is -2.62. The summed E-state index contributed by atoms with van der Waals surface area (Å²) in [5.74, 6) is 0. The van der Waals surface area contributed by atoms with E-state index in [1.165, 1.54) is 0 Å². The van der Waals surface area contributed by atoms with E-state index in [2.05, 4.69) is 9.38 Å². The van der Waals surface area contributed by atoms with Crippen LogP contribution in [0.15, 0.2) is 0 Å². The van der Waals surface area contributed by atoms with Gasteiger partial charge in [0.25, 0.3) is 0 Å². The van der Waals surface area contributed by atoms with Crippen LogP contribution in [0, 0.1) is 10.2 Å². The van der Waals surface area contributed by atoms with Gasteiger partial charge in [-0.15, -0.1) is 0 Å². The predicted octanol–water partition coefficient (Wildman–Crippen LogP) is -3.53. The van der Waals surface area contributed by atoms with Crippen LogP contribution in [0.5, 0.6) is 0 Å². The van der Waals surface area contributed by atoms with Crippen LogP contribution >= 0.6 is 8.73 Å². The summed E-state index contributed by atoms with van der Waals surface area (Å²) < 4.78 is 34.0. The third-order valence-electron chi connectivity index (χ3n) is 1.02. The highest BCUT2D eigenvalue weighted by atomic mass is 35.7. The van der Waals surface area contributed by atoms with Crippen molar-refractivity contribution in [2.45, 2.75) is 6.10 Å². The Bertz CT molecular complexity index is 112. The van der Waals surface area contributed by atoms with Gasteiger partial charge in [-0.25, -0.2) is 0 Å². The quantitative estimate of drug-likeness (QED) is 0.453. The van der Waals surface area contributed by atoms with Crippen molar-refractivity contribution in [1.82, 2.24) is 5.09 Å². The Labute approximate surface area is 61.9 Å². The molecule has 0 amide bonds. The first kappa shape index (κ1) is 8.62. The lowest BCUT2D eigenvalue weighted by molar-refractivity contribution is -1.92. The minimum Gasteiger partial charge on any atom is -0.295 e. The molecule has 10 heavy (non-hydrogen) atoms. The molecule has 1 aliphatic rings. The van der Waals surface area contributed by atoms with Gasteiger partial charge >= 0.3 is 0 Å². The van der Waals surface area contributed by atoms with Crippen molar-refractivity contribution >= 4 is 8.73 Å². The van der Waals surface area contributed by atoms with Crippen molar-refractivity contribution in [3.05, 3.63) is 0 Å². The van der Waals surface area contributed by atoms with Gasteiger partial charge in [-0.1, -0.05) is 8.73 Å². The SMILES string of the molecule is [O-][Cl+3]([O-])([O-])OC1CNPC1. The second kappa shape index (κ2) is 3.28. The van der Waals surface area contributed by atoms with Gasteiger partial charge < -0.3 is 0 Å². The molecular formula is C3H7ClNO4P. The Morgan fingerprint density at radius 3 is 2.60 bits per heavy atom. The van der Waals surface area contributed by atoms with Crippen LogP contribution in [-0.4, -0.2) is 18.8 Å². The summed E-state index contributed by atoms with van der Waals surface area (Å²) in [6.07, 6.45) is 0.150. The van der Waals surface area contributed by atoms with E-state index in [0.717, 1.165) is 0 Å². The van der Waals surface area contributed by atoms with Crippen molar-refractivity contribution in [1.29, 1.82) is 0 Å². The molecule has 0 aliphatic carbocycles. The molecule has 7 heteroatoms. The molecule has 1 saturated heterocycles. The normalized spacial score (nSPS) is 29.7. The molecule has 1 rings (SSSR count). The molecule has 1 heterocycles. The van der Waals surface area contributed by atoms with Crippen LogP contribution < -0.4 is 19.1 Å². The highest BCUT2D eigenvalue weighted by Gasteiger charge is 2.31. The largest absolute Gasteiger partial charge is 0.295 e. The summed E-state index contributed by atoms with van der Waals surface area (Å²) in [6.45, 7) is 0.451. The summed E-state index contributed by atoms with van der Waals surface area (Å²) in [7, 11) is -3.74. The van der Waals surface area contributed by atoms with E-state index < -0.39 is 16.3 Å². The summed E-state index contributed by atoms with van der Waals surface area (Å²) >= 11 is 0. The Balaban J connectivity index is 2.24. The highest BCUT2D eigenvalue weighted by molar-refractivity contribution is 7.36. The first-order chi connectivity index (χ1) is 4.58. The minimum atomic E-state index is -4.24. The van der Waals surface area contributed by atoms with Crippen LogP contribution in [0.3, 0.4) is 0 Å². The number of hydrogen-bond acceptors (Lipinski definition) is 5. The predicted molar refractivity (Wildman–Crippen MR) is 26.1 cm³/mol. The molecule has 0 aromatic rings. The molecule has 1 N–H and O–H groups in total. The third-order valence-corrected chi connectivity index (χ3v) is 2.60.